The van der Waals surface area contributed by atoms with Gasteiger partial charge in [0.2, 0.25) is 11.9 Å². The number of nitrogens with one attached hydrogen (secondary N) is 1. The van der Waals surface area contributed by atoms with Crippen molar-refractivity contribution < 1.29 is 0 Å². The van der Waals surface area contributed by atoms with Gasteiger partial charge in [0.05, 0.1) is 0 Å². The molecule has 0 aromatic carbocycles. The molecule has 1 unspecified atom stereocenters. The van der Waals surface area contributed by atoms with Gasteiger partial charge in [0, 0.05) is 20.1 Å². The monoisotopic (exact) mass is 262 g/mol. The zero-order valence-corrected chi connectivity index (χ0v) is 11.6. The van der Waals surface area contributed by atoms with Gasteiger partial charge in [-0.1, -0.05) is 6.92 Å². The van der Waals surface area contributed by atoms with Crippen LogP contribution in [0.1, 0.15) is 20.3 Å². The number of anilines is 2. The Kier molecular flexibility index (Phi) is 3.88. The normalized spacial score (nSPS) is 12.2. The Labute approximate surface area is 111 Å². The highest BCUT2D eigenvalue weighted by atomic mass is 15.4. The Bertz CT molecular complexity index is 523. The summed E-state index contributed by atoms with van der Waals surface area (Å²) in [5.41, 5.74) is 0. The molecule has 0 fully saturated rings. The molecule has 0 amide bonds. The van der Waals surface area contributed by atoms with Gasteiger partial charge < -0.3 is 10.2 Å². The van der Waals surface area contributed by atoms with Crippen molar-refractivity contribution in [2.45, 2.75) is 26.3 Å². The molecule has 2 aromatic rings. The summed E-state index contributed by atoms with van der Waals surface area (Å²) in [5.74, 6) is 1.56. The molecule has 1 atom stereocenters. The van der Waals surface area contributed by atoms with Crippen molar-refractivity contribution >= 4 is 11.9 Å². The summed E-state index contributed by atoms with van der Waals surface area (Å²) in [7, 11) is 3.74. The van der Waals surface area contributed by atoms with Crippen LogP contribution >= 0.6 is 0 Å². The van der Waals surface area contributed by atoms with Crippen molar-refractivity contribution in [2.24, 2.45) is 0 Å². The number of hydrogen-bond acceptors (Lipinski definition) is 7. The molecule has 8 nitrogen and oxygen atoms in total. The summed E-state index contributed by atoms with van der Waals surface area (Å²) in [5, 5.41) is 6.96. The molecular weight excluding hydrogens is 244 g/mol. The third-order valence-electron chi connectivity index (χ3n) is 3.03. The molecule has 1 N–H and O–H groups in total. The smallest absolute Gasteiger partial charge is 0.258 e. The average molecular weight is 262 g/mol. The van der Waals surface area contributed by atoms with Gasteiger partial charge in [-0.3, -0.25) is 0 Å². The molecule has 102 valence electrons. The summed E-state index contributed by atoms with van der Waals surface area (Å²) in [4.78, 5) is 19.0. The molecule has 0 spiro atoms. The third kappa shape index (κ3) is 2.78. The van der Waals surface area contributed by atoms with E-state index >= 15 is 0 Å². The first-order valence-electron chi connectivity index (χ1n) is 6.17. The summed E-state index contributed by atoms with van der Waals surface area (Å²) in [6.45, 7) is 4.25. The van der Waals surface area contributed by atoms with E-state index in [-0.39, 0.29) is 0 Å². The number of nitrogens with zero attached hydrogens (tertiary/aromatic N) is 7. The molecule has 0 bridgehead atoms. The van der Waals surface area contributed by atoms with Crippen molar-refractivity contribution in [2.75, 3.05) is 24.3 Å². The fraction of sp³-hybridized carbons (Fsp3) is 0.545. The highest BCUT2D eigenvalue weighted by Crippen LogP contribution is 2.14. The first-order chi connectivity index (χ1) is 9.15. The molecule has 0 radical (unpaired) electrons. The molecular formula is C11H18N8. The Balaban J connectivity index is 2.42. The Morgan fingerprint density at radius 3 is 2.74 bits per heavy atom. The lowest BCUT2D eigenvalue weighted by Gasteiger charge is -2.24. The van der Waals surface area contributed by atoms with E-state index in [4.69, 9.17) is 0 Å². The van der Waals surface area contributed by atoms with Crippen molar-refractivity contribution in [3.63, 3.8) is 0 Å². The first kappa shape index (κ1) is 13.2. The Hall–Kier alpha value is -2.25. The van der Waals surface area contributed by atoms with E-state index < -0.39 is 0 Å². The van der Waals surface area contributed by atoms with Crippen molar-refractivity contribution in [3.05, 3.63) is 12.7 Å². The maximum Gasteiger partial charge on any atom is 0.258 e. The zero-order chi connectivity index (χ0) is 13.8. The fourth-order valence-corrected chi connectivity index (χ4v) is 1.51. The molecule has 2 aromatic heterocycles. The van der Waals surface area contributed by atoms with Crippen LogP contribution in [-0.4, -0.2) is 49.9 Å². The molecule has 0 aliphatic carbocycles. The quantitative estimate of drug-likeness (QED) is 0.850. The Morgan fingerprint density at radius 1 is 1.37 bits per heavy atom. The molecule has 8 heteroatoms. The number of aromatic nitrogens is 6. The van der Waals surface area contributed by atoms with Gasteiger partial charge in [0.25, 0.3) is 5.95 Å². The van der Waals surface area contributed by atoms with Crippen LogP contribution in [0, 0.1) is 0 Å². The lowest BCUT2D eigenvalue weighted by atomic mass is 10.2. The van der Waals surface area contributed by atoms with Crippen LogP contribution in [0.15, 0.2) is 12.7 Å². The van der Waals surface area contributed by atoms with E-state index in [1.807, 2.05) is 11.9 Å². The standard InChI is InChI=1S/C11H18N8/c1-5-8(2)18(4)10-15-9(12-3)16-11(17-10)19-7-13-6-14-19/h6-8H,5H2,1-4H3,(H,12,15,16,17). The fourth-order valence-electron chi connectivity index (χ4n) is 1.51. The first-order valence-corrected chi connectivity index (χ1v) is 6.17. The van der Waals surface area contributed by atoms with Gasteiger partial charge in [-0.05, 0) is 13.3 Å². The molecule has 2 rings (SSSR count). The van der Waals surface area contributed by atoms with Crippen LogP contribution in [0.4, 0.5) is 11.9 Å². The summed E-state index contributed by atoms with van der Waals surface area (Å²) in [6.07, 6.45) is 4.01. The Morgan fingerprint density at radius 2 is 2.16 bits per heavy atom. The van der Waals surface area contributed by atoms with Gasteiger partial charge in [0.15, 0.2) is 0 Å². The summed E-state index contributed by atoms with van der Waals surface area (Å²) < 4.78 is 1.51. The van der Waals surface area contributed by atoms with E-state index in [0.29, 0.717) is 23.9 Å². The van der Waals surface area contributed by atoms with Gasteiger partial charge in [-0.2, -0.15) is 24.7 Å². The van der Waals surface area contributed by atoms with E-state index in [1.165, 1.54) is 11.0 Å². The topological polar surface area (TPSA) is 84.7 Å². The molecule has 19 heavy (non-hydrogen) atoms. The lowest BCUT2D eigenvalue weighted by Crippen LogP contribution is -2.30. The van der Waals surface area contributed by atoms with E-state index in [2.05, 4.69) is 44.2 Å². The van der Waals surface area contributed by atoms with Gasteiger partial charge in [0.1, 0.15) is 12.7 Å². The van der Waals surface area contributed by atoms with Crippen LogP contribution in [0.2, 0.25) is 0 Å². The molecule has 0 saturated carbocycles. The molecule has 0 aliphatic rings. The van der Waals surface area contributed by atoms with Crippen molar-refractivity contribution in [3.8, 4) is 5.95 Å². The maximum atomic E-state index is 4.42. The third-order valence-corrected chi connectivity index (χ3v) is 3.03. The molecule has 2 heterocycles. The van der Waals surface area contributed by atoms with E-state index in [0.717, 1.165) is 6.42 Å². The maximum absolute atomic E-state index is 4.42. The van der Waals surface area contributed by atoms with Crippen molar-refractivity contribution in [1.29, 1.82) is 0 Å². The predicted octanol–water partition coefficient (Wildman–Crippen LogP) is 0.729. The highest BCUT2D eigenvalue weighted by molar-refractivity contribution is 5.39. The number of rotatable bonds is 5. The lowest BCUT2D eigenvalue weighted by molar-refractivity contribution is 0.643. The molecule has 0 aliphatic heterocycles. The largest absolute Gasteiger partial charge is 0.357 e. The highest BCUT2D eigenvalue weighted by Gasteiger charge is 2.14. The minimum absolute atomic E-state index is 0.343. The second-order valence-corrected chi connectivity index (χ2v) is 4.22. The predicted molar refractivity (Wildman–Crippen MR) is 72.4 cm³/mol. The summed E-state index contributed by atoms with van der Waals surface area (Å²) in [6, 6.07) is 0.343. The second kappa shape index (κ2) is 5.59. The van der Waals surface area contributed by atoms with Gasteiger partial charge in [-0.15, -0.1) is 0 Å². The van der Waals surface area contributed by atoms with Crippen LogP contribution in [0.25, 0.3) is 5.95 Å². The minimum atomic E-state index is 0.343. The summed E-state index contributed by atoms with van der Waals surface area (Å²) >= 11 is 0. The van der Waals surface area contributed by atoms with Crippen LogP contribution in [0.3, 0.4) is 0 Å². The SMILES string of the molecule is CCC(C)N(C)c1nc(NC)nc(-n2cncn2)n1. The zero-order valence-electron chi connectivity index (χ0n) is 11.6. The minimum Gasteiger partial charge on any atom is -0.357 e. The van der Waals surface area contributed by atoms with E-state index in [9.17, 15) is 0 Å². The molecule has 0 saturated heterocycles. The van der Waals surface area contributed by atoms with Crippen LogP contribution in [0.5, 0.6) is 0 Å². The van der Waals surface area contributed by atoms with Crippen LogP contribution in [-0.2, 0) is 0 Å². The number of hydrogen-bond donors (Lipinski definition) is 1. The average Bonchev–Trinajstić information content (AvgIpc) is 2.99. The van der Waals surface area contributed by atoms with Crippen molar-refractivity contribution in [1.82, 2.24) is 29.7 Å². The van der Waals surface area contributed by atoms with Gasteiger partial charge in [-0.25, -0.2) is 4.98 Å². The van der Waals surface area contributed by atoms with Gasteiger partial charge >= 0.3 is 0 Å². The second-order valence-electron chi connectivity index (χ2n) is 4.22. The van der Waals surface area contributed by atoms with Crippen LogP contribution < -0.4 is 10.2 Å². The van der Waals surface area contributed by atoms with E-state index in [1.54, 1.807) is 13.4 Å².